The van der Waals surface area contributed by atoms with Crippen molar-refractivity contribution >= 4 is 17.2 Å². The van der Waals surface area contributed by atoms with E-state index in [2.05, 4.69) is 4.74 Å². The molecule has 0 spiro atoms. The van der Waals surface area contributed by atoms with Crippen molar-refractivity contribution < 1.29 is 23.2 Å². The summed E-state index contributed by atoms with van der Waals surface area (Å²) in [4.78, 5) is 20.9. The van der Waals surface area contributed by atoms with Crippen LogP contribution in [0.5, 0.6) is 5.75 Å². The minimum Gasteiger partial charge on any atom is -0.427 e. The monoisotopic (exact) mass is 246 g/mol. The van der Waals surface area contributed by atoms with E-state index in [-0.39, 0.29) is 11.3 Å². The Bertz CT molecular complexity index is 476. The van der Waals surface area contributed by atoms with E-state index in [1.54, 1.807) is 0 Å². The average Bonchev–Trinajstić information content (AvgIpc) is 2.15. The number of ketones is 1. The SMILES string of the molecule is CC(=O)c1ccc(N)c([N+](=O)[O-])c1OC(F)F. The van der Waals surface area contributed by atoms with Gasteiger partial charge in [0.1, 0.15) is 5.69 Å². The number of ether oxygens (including phenoxy) is 1. The molecule has 0 unspecified atom stereocenters. The predicted molar refractivity (Wildman–Crippen MR) is 54.1 cm³/mol. The molecule has 1 aromatic rings. The Kier molecular flexibility index (Phi) is 3.56. The number of hydrogen-bond donors (Lipinski definition) is 1. The highest BCUT2D eigenvalue weighted by molar-refractivity contribution is 5.99. The molecule has 1 aromatic carbocycles. The quantitative estimate of drug-likeness (QED) is 0.379. The van der Waals surface area contributed by atoms with E-state index in [1.807, 2.05) is 0 Å². The normalized spacial score (nSPS) is 10.4. The molecular formula is C9H8F2N2O4. The van der Waals surface area contributed by atoms with Crippen molar-refractivity contribution in [2.45, 2.75) is 13.5 Å². The molecule has 1 rings (SSSR count). The van der Waals surface area contributed by atoms with Crippen molar-refractivity contribution in [2.24, 2.45) is 0 Å². The maximum atomic E-state index is 12.1. The van der Waals surface area contributed by atoms with Gasteiger partial charge in [0.2, 0.25) is 5.75 Å². The molecule has 92 valence electrons. The van der Waals surface area contributed by atoms with Crippen LogP contribution in [0, 0.1) is 10.1 Å². The lowest BCUT2D eigenvalue weighted by Crippen LogP contribution is -2.10. The van der Waals surface area contributed by atoms with Crippen LogP contribution in [-0.4, -0.2) is 17.3 Å². The van der Waals surface area contributed by atoms with E-state index < -0.39 is 28.8 Å². The maximum absolute atomic E-state index is 12.1. The molecule has 0 saturated heterocycles. The first-order valence-corrected chi connectivity index (χ1v) is 4.37. The summed E-state index contributed by atoms with van der Waals surface area (Å²) in [6.45, 7) is -2.21. The lowest BCUT2D eigenvalue weighted by molar-refractivity contribution is -0.385. The lowest BCUT2D eigenvalue weighted by Gasteiger charge is -2.10. The van der Waals surface area contributed by atoms with E-state index in [0.29, 0.717) is 0 Å². The Hall–Kier alpha value is -2.25. The Morgan fingerprint density at radius 1 is 1.53 bits per heavy atom. The number of carbonyl (C=O) groups excluding carboxylic acids is 1. The van der Waals surface area contributed by atoms with Crippen molar-refractivity contribution in [1.82, 2.24) is 0 Å². The number of alkyl halides is 2. The van der Waals surface area contributed by atoms with Crippen LogP contribution in [0.3, 0.4) is 0 Å². The average molecular weight is 246 g/mol. The van der Waals surface area contributed by atoms with Crippen LogP contribution in [0.4, 0.5) is 20.2 Å². The summed E-state index contributed by atoms with van der Waals surface area (Å²) in [5.74, 6) is -1.44. The van der Waals surface area contributed by atoms with Crippen LogP contribution in [0.2, 0.25) is 0 Å². The van der Waals surface area contributed by atoms with Gasteiger partial charge in [-0.2, -0.15) is 8.78 Å². The molecule has 0 heterocycles. The summed E-state index contributed by atoms with van der Waals surface area (Å²) < 4.78 is 28.3. The number of nitro benzene ring substituents is 1. The summed E-state index contributed by atoms with van der Waals surface area (Å²) in [5, 5.41) is 10.7. The van der Waals surface area contributed by atoms with Gasteiger partial charge in [-0.1, -0.05) is 0 Å². The van der Waals surface area contributed by atoms with Crippen LogP contribution in [-0.2, 0) is 0 Å². The fourth-order valence-electron chi connectivity index (χ4n) is 1.26. The van der Waals surface area contributed by atoms with Gasteiger partial charge in [-0.05, 0) is 19.1 Å². The van der Waals surface area contributed by atoms with Gasteiger partial charge in [-0.3, -0.25) is 14.9 Å². The van der Waals surface area contributed by atoms with Crippen molar-refractivity contribution in [3.63, 3.8) is 0 Å². The second kappa shape index (κ2) is 4.73. The van der Waals surface area contributed by atoms with Crippen molar-refractivity contribution in [1.29, 1.82) is 0 Å². The first-order chi connectivity index (χ1) is 7.84. The number of nitrogens with zero attached hydrogens (tertiary/aromatic N) is 1. The number of anilines is 1. The van der Waals surface area contributed by atoms with Gasteiger partial charge in [-0.15, -0.1) is 0 Å². The molecule has 2 N–H and O–H groups in total. The zero-order valence-electron chi connectivity index (χ0n) is 8.65. The summed E-state index contributed by atoms with van der Waals surface area (Å²) in [5.41, 5.74) is 3.79. The number of carbonyl (C=O) groups is 1. The third kappa shape index (κ3) is 2.65. The molecule has 6 nitrogen and oxygen atoms in total. The number of halogens is 2. The highest BCUT2D eigenvalue weighted by atomic mass is 19.3. The van der Waals surface area contributed by atoms with Gasteiger partial charge in [0.25, 0.3) is 0 Å². The number of nitro groups is 1. The molecule has 0 amide bonds. The number of Topliss-reactive ketones (excluding diaryl/α,β-unsaturated/α-hetero) is 1. The lowest BCUT2D eigenvalue weighted by atomic mass is 10.1. The summed E-state index contributed by atoms with van der Waals surface area (Å²) in [7, 11) is 0. The van der Waals surface area contributed by atoms with Crippen molar-refractivity contribution in [3.05, 3.63) is 27.8 Å². The molecule has 0 aliphatic carbocycles. The molecule has 0 aliphatic rings. The highest BCUT2D eigenvalue weighted by Gasteiger charge is 2.27. The largest absolute Gasteiger partial charge is 0.427 e. The minimum atomic E-state index is -3.28. The summed E-state index contributed by atoms with van der Waals surface area (Å²) in [6.07, 6.45) is 0. The fraction of sp³-hybridized carbons (Fsp3) is 0.222. The maximum Gasteiger partial charge on any atom is 0.387 e. The third-order valence-electron chi connectivity index (χ3n) is 1.93. The number of rotatable bonds is 4. The van der Waals surface area contributed by atoms with Crippen molar-refractivity contribution in [2.75, 3.05) is 5.73 Å². The second-order valence-electron chi connectivity index (χ2n) is 3.07. The fourth-order valence-corrected chi connectivity index (χ4v) is 1.26. The summed E-state index contributed by atoms with van der Waals surface area (Å²) in [6, 6.07) is 2.19. The van der Waals surface area contributed by atoms with Crippen LogP contribution in [0.25, 0.3) is 0 Å². The molecule has 0 atom stereocenters. The van der Waals surface area contributed by atoms with Crippen LogP contribution >= 0.6 is 0 Å². The van der Waals surface area contributed by atoms with E-state index in [4.69, 9.17) is 5.73 Å². The Labute approximate surface area is 94.1 Å². The van der Waals surface area contributed by atoms with Gasteiger partial charge >= 0.3 is 12.3 Å². The first kappa shape index (κ1) is 12.8. The van der Waals surface area contributed by atoms with Gasteiger partial charge in [-0.25, -0.2) is 0 Å². The van der Waals surface area contributed by atoms with Gasteiger partial charge in [0.05, 0.1) is 10.5 Å². The molecule has 0 saturated carbocycles. The standard InChI is InChI=1S/C9H8F2N2O4/c1-4(14)5-2-3-6(12)7(13(15)16)8(5)17-9(10)11/h2-3,9H,12H2,1H3. The molecule has 0 radical (unpaired) electrons. The first-order valence-electron chi connectivity index (χ1n) is 4.37. The molecule has 8 heteroatoms. The minimum absolute atomic E-state index is 0.314. The molecule has 0 aromatic heterocycles. The van der Waals surface area contributed by atoms with Crippen LogP contribution < -0.4 is 10.5 Å². The van der Waals surface area contributed by atoms with Gasteiger partial charge in [0, 0.05) is 0 Å². The van der Waals surface area contributed by atoms with E-state index >= 15 is 0 Å². The molecule has 0 bridgehead atoms. The Morgan fingerprint density at radius 2 is 2.12 bits per heavy atom. The van der Waals surface area contributed by atoms with Crippen LogP contribution in [0.15, 0.2) is 12.1 Å². The van der Waals surface area contributed by atoms with E-state index in [9.17, 15) is 23.7 Å². The smallest absolute Gasteiger partial charge is 0.387 e. The number of benzene rings is 1. The van der Waals surface area contributed by atoms with Crippen LogP contribution in [0.1, 0.15) is 17.3 Å². The Balaban J connectivity index is 3.49. The second-order valence-corrected chi connectivity index (χ2v) is 3.07. The predicted octanol–water partition coefficient (Wildman–Crippen LogP) is 1.98. The number of nitrogens with two attached hydrogens (primary N) is 1. The number of nitrogen functional groups attached to an aromatic ring is 1. The molecule has 0 aliphatic heterocycles. The number of hydrogen-bond acceptors (Lipinski definition) is 5. The van der Waals surface area contributed by atoms with Gasteiger partial charge < -0.3 is 10.5 Å². The molecular weight excluding hydrogens is 238 g/mol. The zero-order valence-corrected chi connectivity index (χ0v) is 8.65. The summed E-state index contributed by atoms with van der Waals surface area (Å²) >= 11 is 0. The molecule has 0 fully saturated rings. The van der Waals surface area contributed by atoms with Crippen molar-refractivity contribution in [3.8, 4) is 5.75 Å². The topological polar surface area (TPSA) is 95.5 Å². The van der Waals surface area contributed by atoms with Gasteiger partial charge in [0.15, 0.2) is 5.78 Å². The van der Waals surface area contributed by atoms with E-state index in [1.165, 1.54) is 0 Å². The third-order valence-corrected chi connectivity index (χ3v) is 1.93. The highest BCUT2D eigenvalue weighted by Crippen LogP contribution is 2.37. The zero-order chi connectivity index (χ0) is 13.2. The van der Waals surface area contributed by atoms with E-state index in [0.717, 1.165) is 19.1 Å². The Morgan fingerprint density at radius 3 is 2.53 bits per heavy atom. The molecule has 17 heavy (non-hydrogen) atoms.